The van der Waals surface area contributed by atoms with Gasteiger partial charge in [-0.25, -0.2) is 10.2 Å². The quantitative estimate of drug-likeness (QED) is 0.630. The number of aliphatic hydroxyl groups is 1. The fourth-order valence-electron chi connectivity index (χ4n) is 1.55. The molecule has 0 aliphatic heterocycles. The van der Waals surface area contributed by atoms with Crippen LogP contribution in [0.4, 0.5) is 15.8 Å². The minimum atomic E-state index is -0.374. The van der Waals surface area contributed by atoms with Crippen molar-refractivity contribution in [3.63, 3.8) is 0 Å². The lowest BCUT2D eigenvalue weighted by Crippen LogP contribution is -2.25. The Balaban J connectivity index is 2.30. The molecule has 88 valence electrons. The van der Waals surface area contributed by atoms with Crippen LogP contribution in [0.2, 0.25) is 0 Å². The van der Waals surface area contributed by atoms with Crippen LogP contribution < -0.4 is 10.9 Å². The second kappa shape index (κ2) is 4.95. The van der Waals surface area contributed by atoms with Gasteiger partial charge in [-0.15, -0.1) is 0 Å². The molecule has 0 spiro atoms. The van der Waals surface area contributed by atoms with Crippen LogP contribution in [0.15, 0.2) is 48.5 Å². The fourth-order valence-corrected chi connectivity index (χ4v) is 1.55. The zero-order chi connectivity index (χ0) is 12.3. The van der Waals surface area contributed by atoms with Gasteiger partial charge in [-0.2, -0.15) is 0 Å². The smallest absolute Gasteiger partial charge is 0.148 e. The highest BCUT2D eigenvalue weighted by atomic mass is 19.1. The van der Waals surface area contributed by atoms with Gasteiger partial charge >= 0.3 is 0 Å². The number of para-hydroxylation sites is 1. The van der Waals surface area contributed by atoms with E-state index in [1.807, 2.05) is 0 Å². The van der Waals surface area contributed by atoms with Gasteiger partial charge in [0, 0.05) is 0 Å². The first-order valence-corrected chi connectivity index (χ1v) is 5.21. The highest BCUT2D eigenvalue weighted by Gasteiger charge is 2.08. The van der Waals surface area contributed by atoms with Gasteiger partial charge in [0.2, 0.25) is 0 Å². The van der Waals surface area contributed by atoms with Gasteiger partial charge in [0.05, 0.1) is 18.0 Å². The summed E-state index contributed by atoms with van der Waals surface area (Å²) in [6.07, 6.45) is 0. The van der Waals surface area contributed by atoms with Crippen molar-refractivity contribution >= 4 is 11.4 Å². The second-order valence-corrected chi connectivity index (χ2v) is 3.65. The van der Waals surface area contributed by atoms with Gasteiger partial charge in [-0.05, 0) is 29.8 Å². The van der Waals surface area contributed by atoms with Crippen molar-refractivity contribution in [3.05, 3.63) is 59.9 Å². The number of benzene rings is 2. The predicted molar refractivity (Wildman–Crippen MR) is 65.1 cm³/mol. The van der Waals surface area contributed by atoms with Gasteiger partial charge in [0.25, 0.3) is 0 Å². The molecule has 0 atom stereocenters. The highest BCUT2D eigenvalue weighted by molar-refractivity contribution is 5.62. The van der Waals surface area contributed by atoms with Crippen LogP contribution in [-0.4, -0.2) is 5.11 Å². The maximum absolute atomic E-state index is 13.5. The molecule has 0 amide bonds. The molecule has 2 rings (SSSR count). The molecule has 0 saturated carbocycles. The van der Waals surface area contributed by atoms with E-state index in [-0.39, 0.29) is 12.4 Å². The molecule has 2 aromatic carbocycles. The first kappa shape index (κ1) is 11.6. The third-order valence-electron chi connectivity index (χ3n) is 2.51. The van der Waals surface area contributed by atoms with Gasteiger partial charge in [0.15, 0.2) is 0 Å². The number of aliphatic hydroxyl groups excluding tert-OH is 1. The number of rotatable bonds is 3. The number of anilines is 2. The minimum absolute atomic E-state index is 0.0233. The van der Waals surface area contributed by atoms with Crippen molar-refractivity contribution in [1.82, 2.24) is 0 Å². The van der Waals surface area contributed by atoms with E-state index in [1.54, 1.807) is 42.5 Å². The summed E-state index contributed by atoms with van der Waals surface area (Å²) in [6, 6.07) is 13.3. The standard InChI is InChI=1S/C13H13FN2O/c14-12-3-1-2-4-13(12)16(15)11-7-5-10(9-17)6-8-11/h1-8,17H,9,15H2. The number of nitrogens with zero attached hydrogens (tertiary/aromatic N) is 1. The van der Waals surface area contributed by atoms with Crippen LogP contribution in [-0.2, 0) is 6.61 Å². The summed E-state index contributed by atoms with van der Waals surface area (Å²) in [4.78, 5) is 0. The number of hydrazine groups is 1. The summed E-state index contributed by atoms with van der Waals surface area (Å²) in [6.45, 7) is -0.0233. The zero-order valence-electron chi connectivity index (χ0n) is 9.18. The molecule has 0 bridgehead atoms. The number of hydrogen-bond donors (Lipinski definition) is 2. The van der Waals surface area contributed by atoms with Crippen LogP contribution in [0.5, 0.6) is 0 Å². The Kier molecular flexibility index (Phi) is 3.37. The lowest BCUT2D eigenvalue weighted by Gasteiger charge is -2.19. The van der Waals surface area contributed by atoms with Gasteiger partial charge in [0.1, 0.15) is 5.82 Å². The van der Waals surface area contributed by atoms with Crippen LogP contribution in [0.3, 0.4) is 0 Å². The first-order valence-electron chi connectivity index (χ1n) is 5.21. The number of hydrogen-bond acceptors (Lipinski definition) is 3. The highest BCUT2D eigenvalue weighted by Crippen LogP contribution is 2.24. The Morgan fingerprint density at radius 2 is 1.71 bits per heavy atom. The Labute approximate surface area is 98.9 Å². The maximum Gasteiger partial charge on any atom is 0.148 e. The van der Waals surface area contributed by atoms with Crippen molar-refractivity contribution in [3.8, 4) is 0 Å². The van der Waals surface area contributed by atoms with E-state index in [1.165, 1.54) is 11.1 Å². The molecule has 2 aromatic rings. The molecule has 0 radical (unpaired) electrons. The lowest BCUT2D eigenvalue weighted by molar-refractivity contribution is 0.282. The Bertz CT molecular complexity index is 499. The van der Waals surface area contributed by atoms with Crippen LogP contribution in [0.1, 0.15) is 5.56 Å². The first-order chi connectivity index (χ1) is 8.22. The molecule has 0 aromatic heterocycles. The molecule has 0 aliphatic rings. The van der Waals surface area contributed by atoms with Gasteiger partial charge in [-0.3, -0.25) is 5.01 Å². The van der Waals surface area contributed by atoms with E-state index < -0.39 is 0 Å². The van der Waals surface area contributed by atoms with Crippen molar-refractivity contribution in [1.29, 1.82) is 0 Å². The molecular formula is C13H13FN2O. The predicted octanol–water partition coefficient (Wildman–Crippen LogP) is 2.33. The van der Waals surface area contributed by atoms with E-state index in [2.05, 4.69) is 0 Å². The van der Waals surface area contributed by atoms with E-state index in [4.69, 9.17) is 10.9 Å². The summed E-state index contributed by atoms with van der Waals surface area (Å²) < 4.78 is 13.5. The molecule has 0 saturated heterocycles. The van der Waals surface area contributed by atoms with Crippen LogP contribution in [0.25, 0.3) is 0 Å². The zero-order valence-corrected chi connectivity index (χ0v) is 9.18. The van der Waals surface area contributed by atoms with Crippen molar-refractivity contribution in [2.24, 2.45) is 5.84 Å². The van der Waals surface area contributed by atoms with Crippen molar-refractivity contribution in [2.75, 3.05) is 5.01 Å². The van der Waals surface area contributed by atoms with Crippen LogP contribution >= 0.6 is 0 Å². The molecule has 0 aliphatic carbocycles. The Hall–Kier alpha value is -1.91. The van der Waals surface area contributed by atoms with Crippen molar-refractivity contribution < 1.29 is 9.50 Å². The summed E-state index contributed by atoms with van der Waals surface area (Å²) in [5, 5.41) is 10.2. The third kappa shape index (κ3) is 2.43. The second-order valence-electron chi connectivity index (χ2n) is 3.65. The lowest BCUT2D eigenvalue weighted by atomic mass is 10.2. The molecule has 0 unspecified atom stereocenters. The molecule has 0 heterocycles. The van der Waals surface area contributed by atoms with Gasteiger partial charge < -0.3 is 5.11 Å². The molecule has 3 nitrogen and oxygen atoms in total. The number of nitrogens with two attached hydrogens (primary N) is 1. The summed E-state index contributed by atoms with van der Waals surface area (Å²) in [7, 11) is 0. The van der Waals surface area contributed by atoms with E-state index >= 15 is 0 Å². The topological polar surface area (TPSA) is 49.5 Å². The Morgan fingerprint density at radius 1 is 1.06 bits per heavy atom. The SMILES string of the molecule is NN(c1ccc(CO)cc1)c1ccccc1F. The Morgan fingerprint density at radius 3 is 2.29 bits per heavy atom. The van der Waals surface area contributed by atoms with E-state index in [0.29, 0.717) is 11.4 Å². The van der Waals surface area contributed by atoms with Crippen LogP contribution in [0, 0.1) is 5.82 Å². The maximum atomic E-state index is 13.5. The number of halogens is 1. The molecule has 3 N–H and O–H groups in total. The van der Waals surface area contributed by atoms with E-state index in [9.17, 15) is 4.39 Å². The van der Waals surface area contributed by atoms with Gasteiger partial charge in [-0.1, -0.05) is 24.3 Å². The van der Waals surface area contributed by atoms with Crippen molar-refractivity contribution in [2.45, 2.75) is 6.61 Å². The minimum Gasteiger partial charge on any atom is -0.392 e. The third-order valence-corrected chi connectivity index (χ3v) is 2.51. The van der Waals surface area contributed by atoms with E-state index in [0.717, 1.165) is 5.56 Å². The summed E-state index contributed by atoms with van der Waals surface area (Å²) in [5.74, 6) is 5.47. The summed E-state index contributed by atoms with van der Waals surface area (Å²) in [5.41, 5.74) is 1.76. The molecule has 4 heteroatoms. The average molecular weight is 232 g/mol. The average Bonchev–Trinajstić information content (AvgIpc) is 2.39. The largest absolute Gasteiger partial charge is 0.392 e. The summed E-state index contributed by atoms with van der Waals surface area (Å²) >= 11 is 0. The fraction of sp³-hybridized carbons (Fsp3) is 0.0769. The normalized spacial score (nSPS) is 10.3. The monoisotopic (exact) mass is 232 g/mol. The molecular weight excluding hydrogens is 219 g/mol. The molecule has 17 heavy (non-hydrogen) atoms. The molecule has 0 fully saturated rings.